The second kappa shape index (κ2) is 14.2. The molecule has 4 N–H and O–H groups in total. The van der Waals surface area contributed by atoms with E-state index in [4.69, 9.17) is 14.5 Å². The summed E-state index contributed by atoms with van der Waals surface area (Å²) in [6, 6.07) is 24.0. The number of fused-ring (bicyclic) bond motifs is 1. The third-order valence-corrected chi connectivity index (χ3v) is 8.51. The van der Waals surface area contributed by atoms with Crippen molar-refractivity contribution in [2.24, 2.45) is 7.05 Å². The van der Waals surface area contributed by atoms with E-state index in [0.717, 1.165) is 51.5 Å². The van der Waals surface area contributed by atoms with Gasteiger partial charge in [-0.15, -0.1) is 0 Å². The number of carbonyl (C=O) groups excluding carboxylic acids is 1. The summed E-state index contributed by atoms with van der Waals surface area (Å²) in [6.45, 7) is 0.668. The molecule has 2 amide bonds. The standard InChI is InChI=1S/C35H30F3N5O5S/c1-43-29-19-27(14-15-28(29)41-31(43)20-48-26-12-4-22(5-13-26)18-30-32(44)42-34(46)49-30)47-17-16-21-2-8-24(9-3-21)39-33(45)40-25-10-6-23(7-11-25)35(36,37)38/h2-15,19,44H,16-18,20H2,1H3,(H,42,46)(H2,39,40,45). The van der Waals surface area contributed by atoms with Crippen molar-refractivity contribution >= 4 is 39.8 Å². The minimum absolute atomic E-state index is 0.0972. The number of halogens is 3. The smallest absolute Gasteiger partial charge is 0.416 e. The molecule has 0 bridgehead atoms. The number of anilines is 2. The molecule has 0 saturated heterocycles. The Kier molecular flexibility index (Phi) is 9.58. The van der Waals surface area contributed by atoms with Crippen LogP contribution >= 0.6 is 11.3 Å². The molecule has 49 heavy (non-hydrogen) atoms. The normalized spacial score (nSPS) is 11.4. The lowest BCUT2D eigenvalue weighted by atomic mass is 10.1. The highest BCUT2D eigenvalue weighted by Gasteiger charge is 2.30. The highest BCUT2D eigenvalue weighted by molar-refractivity contribution is 7.09. The van der Waals surface area contributed by atoms with Gasteiger partial charge >= 0.3 is 17.1 Å². The van der Waals surface area contributed by atoms with E-state index in [1.165, 1.54) is 12.1 Å². The summed E-state index contributed by atoms with van der Waals surface area (Å²) >= 11 is 0.985. The van der Waals surface area contributed by atoms with Gasteiger partial charge in [-0.3, -0.25) is 9.78 Å². The van der Waals surface area contributed by atoms with Crippen molar-refractivity contribution in [3.8, 4) is 17.4 Å². The maximum Gasteiger partial charge on any atom is 0.416 e. The Morgan fingerprint density at radius 3 is 2.16 bits per heavy atom. The maximum atomic E-state index is 12.7. The van der Waals surface area contributed by atoms with E-state index in [0.29, 0.717) is 41.5 Å². The molecule has 0 saturated carbocycles. The van der Waals surface area contributed by atoms with Crippen LogP contribution in [0.25, 0.3) is 11.0 Å². The van der Waals surface area contributed by atoms with Crippen LogP contribution in [-0.4, -0.2) is 32.3 Å². The molecule has 0 fully saturated rings. The molecule has 10 nitrogen and oxygen atoms in total. The number of aromatic amines is 1. The van der Waals surface area contributed by atoms with Crippen LogP contribution in [0.1, 0.15) is 27.4 Å². The topological polar surface area (TPSA) is 130 Å². The number of ether oxygens (including phenoxy) is 2. The Morgan fingerprint density at radius 1 is 0.898 bits per heavy atom. The minimum atomic E-state index is -4.44. The van der Waals surface area contributed by atoms with Crippen molar-refractivity contribution in [3.05, 3.63) is 128 Å². The number of thiazole rings is 1. The molecule has 0 aliphatic heterocycles. The van der Waals surface area contributed by atoms with Crippen LogP contribution in [0, 0.1) is 0 Å². The molecule has 2 heterocycles. The number of rotatable bonds is 11. The predicted octanol–water partition coefficient (Wildman–Crippen LogP) is 7.48. The Hall–Kier alpha value is -5.76. The molecule has 0 spiro atoms. The third-order valence-electron chi connectivity index (χ3n) is 7.64. The van der Waals surface area contributed by atoms with E-state index < -0.39 is 17.8 Å². The zero-order chi connectivity index (χ0) is 34.5. The highest BCUT2D eigenvalue weighted by Crippen LogP contribution is 2.30. The number of benzene rings is 4. The summed E-state index contributed by atoms with van der Waals surface area (Å²) in [7, 11) is 1.91. The number of hydrogen-bond acceptors (Lipinski definition) is 7. The van der Waals surface area contributed by atoms with Crippen LogP contribution < -0.4 is 25.0 Å². The van der Waals surface area contributed by atoms with Gasteiger partial charge in [-0.1, -0.05) is 35.6 Å². The van der Waals surface area contributed by atoms with Gasteiger partial charge in [0, 0.05) is 37.3 Å². The van der Waals surface area contributed by atoms with Crippen LogP contribution in [0.15, 0.2) is 95.8 Å². The summed E-state index contributed by atoms with van der Waals surface area (Å²) in [6.07, 6.45) is -3.39. The van der Waals surface area contributed by atoms with Crippen molar-refractivity contribution < 1.29 is 32.5 Å². The van der Waals surface area contributed by atoms with Crippen LogP contribution in [0.5, 0.6) is 17.4 Å². The highest BCUT2D eigenvalue weighted by atomic mass is 32.1. The number of hydrogen-bond donors (Lipinski definition) is 4. The molecule has 2 aromatic heterocycles. The van der Waals surface area contributed by atoms with Crippen molar-refractivity contribution in [1.29, 1.82) is 0 Å². The first kappa shape index (κ1) is 33.2. The van der Waals surface area contributed by atoms with Crippen LogP contribution in [0.2, 0.25) is 0 Å². The van der Waals surface area contributed by atoms with E-state index in [-0.39, 0.29) is 23.0 Å². The van der Waals surface area contributed by atoms with Crippen molar-refractivity contribution in [2.75, 3.05) is 17.2 Å². The lowest BCUT2D eigenvalue weighted by Crippen LogP contribution is -2.19. The number of nitrogens with zero attached hydrogens (tertiary/aromatic N) is 2. The molecule has 4 aromatic carbocycles. The van der Waals surface area contributed by atoms with Crippen LogP contribution in [-0.2, 0) is 32.7 Å². The fourth-order valence-corrected chi connectivity index (χ4v) is 5.78. The van der Waals surface area contributed by atoms with Gasteiger partial charge < -0.3 is 29.8 Å². The van der Waals surface area contributed by atoms with E-state index in [1.54, 1.807) is 12.1 Å². The Bertz CT molecular complexity index is 2120. The van der Waals surface area contributed by atoms with E-state index in [1.807, 2.05) is 66.2 Å². The number of H-pyrrole nitrogens is 1. The van der Waals surface area contributed by atoms with Gasteiger partial charge in [-0.05, 0) is 71.8 Å². The second-order valence-corrected chi connectivity index (χ2v) is 12.2. The first-order chi connectivity index (χ1) is 23.5. The number of alkyl halides is 3. The van der Waals surface area contributed by atoms with E-state index in [9.17, 15) is 27.9 Å². The average molecular weight is 690 g/mol. The van der Waals surface area contributed by atoms with Crippen molar-refractivity contribution in [1.82, 2.24) is 14.5 Å². The van der Waals surface area contributed by atoms with Crippen LogP contribution in [0.4, 0.5) is 29.3 Å². The van der Waals surface area contributed by atoms with Crippen molar-refractivity contribution in [2.45, 2.75) is 25.6 Å². The number of nitrogens with one attached hydrogen (secondary N) is 3. The SMILES string of the molecule is Cn1c(COc2ccc(Cc3sc(=O)[nH]c3O)cc2)nc2ccc(OCCc3ccc(NC(=O)Nc4ccc(C(F)(F)F)cc4)cc3)cc21. The van der Waals surface area contributed by atoms with Gasteiger partial charge in [0.15, 0.2) is 0 Å². The predicted molar refractivity (Wildman–Crippen MR) is 181 cm³/mol. The quantitative estimate of drug-likeness (QED) is 0.112. The van der Waals surface area contributed by atoms with Gasteiger partial charge in [0.2, 0.25) is 5.88 Å². The summed E-state index contributed by atoms with van der Waals surface area (Å²) in [5, 5.41) is 15.0. The summed E-state index contributed by atoms with van der Waals surface area (Å²) < 4.78 is 52.1. The monoisotopic (exact) mass is 689 g/mol. The lowest BCUT2D eigenvalue weighted by Gasteiger charge is -2.11. The molecule has 14 heteroatoms. The lowest BCUT2D eigenvalue weighted by molar-refractivity contribution is -0.137. The molecule has 0 radical (unpaired) electrons. The van der Waals surface area contributed by atoms with Crippen molar-refractivity contribution in [3.63, 3.8) is 0 Å². The summed E-state index contributed by atoms with van der Waals surface area (Å²) in [5.41, 5.74) is 3.60. The fraction of sp³-hybridized carbons (Fsp3) is 0.171. The molecule has 6 rings (SSSR count). The second-order valence-electron chi connectivity index (χ2n) is 11.1. The molecule has 0 unspecified atom stereocenters. The van der Waals surface area contributed by atoms with Gasteiger partial charge in [-0.2, -0.15) is 13.2 Å². The Balaban J connectivity index is 0.970. The number of aromatic hydroxyl groups is 1. The number of carbonyl (C=O) groups is 1. The van der Waals surface area contributed by atoms with Gasteiger partial charge in [-0.25, -0.2) is 9.78 Å². The molecule has 252 valence electrons. The first-order valence-electron chi connectivity index (χ1n) is 15.1. The van der Waals surface area contributed by atoms with E-state index in [2.05, 4.69) is 15.6 Å². The number of urea groups is 1. The number of aromatic nitrogens is 3. The van der Waals surface area contributed by atoms with Crippen LogP contribution in [0.3, 0.4) is 0 Å². The first-order valence-corrected chi connectivity index (χ1v) is 15.9. The average Bonchev–Trinajstić information content (AvgIpc) is 3.56. The van der Waals surface area contributed by atoms with Gasteiger partial charge in [0.05, 0.1) is 28.1 Å². The largest absolute Gasteiger partial charge is 0.494 e. The molecular formula is C35H30F3N5O5S. The zero-order valence-electron chi connectivity index (χ0n) is 26.0. The maximum absolute atomic E-state index is 12.7. The molecule has 0 aliphatic carbocycles. The summed E-state index contributed by atoms with van der Waals surface area (Å²) in [5.74, 6) is 1.99. The Labute approximate surface area is 281 Å². The van der Waals surface area contributed by atoms with E-state index >= 15 is 0 Å². The summed E-state index contributed by atoms with van der Waals surface area (Å²) in [4.78, 5) is 31.1. The Morgan fingerprint density at radius 2 is 1.53 bits per heavy atom. The molecule has 6 aromatic rings. The molecular weight excluding hydrogens is 659 g/mol. The third kappa shape index (κ3) is 8.40. The number of imidazole rings is 1. The number of aryl methyl sites for hydroxylation is 1. The minimum Gasteiger partial charge on any atom is -0.494 e. The zero-order valence-corrected chi connectivity index (χ0v) is 26.8. The number of amides is 2. The fourth-order valence-electron chi connectivity index (χ4n) is 5.02. The molecule has 0 aliphatic rings. The van der Waals surface area contributed by atoms with Gasteiger partial charge in [0.25, 0.3) is 0 Å². The van der Waals surface area contributed by atoms with Gasteiger partial charge in [0.1, 0.15) is 23.9 Å². The molecule has 0 atom stereocenters.